The largest absolute Gasteiger partial charge is 0.315 e. The van der Waals surface area contributed by atoms with Gasteiger partial charge in [-0.25, -0.2) is 0 Å². The van der Waals surface area contributed by atoms with E-state index in [-0.39, 0.29) is 5.91 Å². The minimum absolute atomic E-state index is 0.196. The van der Waals surface area contributed by atoms with Crippen LogP contribution in [-0.2, 0) is 11.2 Å². The molecule has 1 aromatic rings. The van der Waals surface area contributed by atoms with Gasteiger partial charge in [0, 0.05) is 38.4 Å². The van der Waals surface area contributed by atoms with Crippen molar-refractivity contribution in [3.8, 4) is 0 Å². The van der Waals surface area contributed by atoms with Crippen LogP contribution < -0.4 is 4.90 Å². The summed E-state index contributed by atoms with van der Waals surface area (Å²) in [5.41, 5.74) is 3.57. The number of piperazine rings is 1. The Balaban J connectivity index is 1.91. The first-order chi connectivity index (χ1) is 9.06. The number of nitrogens with zero attached hydrogens (tertiary/aromatic N) is 3. The molecule has 0 spiro atoms. The lowest BCUT2D eigenvalue weighted by atomic mass is 9.99. The summed E-state index contributed by atoms with van der Waals surface area (Å²) in [6, 6.07) is 6.92. The Morgan fingerprint density at radius 1 is 1.16 bits per heavy atom. The van der Waals surface area contributed by atoms with Crippen LogP contribution in [0.2, 0.25) is 0 Å². The van der Waals surface area contributed by atoms with Gasteiger partial charge in [-0.05, 0) is 31.3 Å². The molecule has 4 nitrogen and oxygen atoms in total. The number of hydrogen-bond donors (Lipinski definition) is 0. The Morgan fingerprint density at radius 2 is 1.95 bits per heavy atom. The third kappa shape index (κ3) is 2.15. The van der Waals surface area contributed by atoms with E-state index in [1.165, 1.54) is 11.1 Å². The summed E-state index contributed by atoms with van der Waals surface area (Å²) in [5, 5.41) is 0. The molecule has 102 valence electrons. The zero-order valence-electron chi connectivity index (χ0n) is 11.9. The molecule has 2 aliphatic rings. The maximum absolute atomic E-state index is 11.7. The van der Waals surface area contributed by atoms with E-state index in [9.17, 15) is 4.79 Å². The van der Waals surface area contributed by atoms with Crippen molar-refractivity contribution in [1.29, 1.82) is 0 Å². The van der Waals surface area contributed by atoms with Gasteiger partial charge in [-0.3, -0.25) is 9.69 Å². The minimum atomic E-state index is 0.196. The highest BCUT2D eigenvalue weighted by Crippen LogP contribution is 2.32. The second kappa shape index (κ2) is 4.62. The van der Waals surface area contributed by atoms with Crippen LogP contribution in [0.25, 0.3) is 0 Å². The van der Waals surface area contributed by atoms with Crippen LogP contribution in [0.15, 0.2) is 18.2 Å². The molecule has 1 aromatic carbocycles. The van der Waals surface area contributed by atoms with E-state index in [1.807, 2.05) is 7.05 Å². The van der Waals surface area contributed by atoms with Gasteiger partial charge in [-0.2, -0.15) is 0 Å². The lowest BCUT2D eigenvalue weighted by Gasteiger charge is -2.38. The third-order valence-corrected chi connectivity index (χ3v) is 4.42. The molecular formula is C15H21N3O. The first kappa shape index (κ1) is 12.6. The fourth-order valence-electron chi connectivity index (χ4n) is 3.07. The Labute approximate surface area is 114 Å². The van der Waals surface area contributed by atoms with Crippen molar-refractivity contribution >= 4 is 11.6 Å². The van der Waals surface area contributed by atoms with Gasteiger partial charge < -0.3 is 9.80 Å². The van der Waals surface area contributed by atoms with Crippen LogP contribution >= 0.6 is 0 Å². The summed E-state index contributed by atoms with van der Waals surface area (Å²) in [7, 11) is 6.21. The van der Waals surface area contributed by atoms with Crippen LogP contribution in [-0.4, -0.2) is 56.5 Å². The van der Waals surface area contributed by atoms with Crippen molar-refractivity contribution in [3.05, 3.63) is 29.3 Å². The quantitative estimate of drug-likeness (QED) is 0.756. The van der Waals surface area contributed by atoms with Gasteiger partial charge in [0.2, 0.25) is 5.91 Å². The van der Waals surface area contributed by atoms with Gasteiger partial charge in [0.1, 0.15) is 0 Å². The second-order valence-corrected chi connectivity index (χ2v) is 5.78. The summed E-state index contributed by atoms with van der Waals surface area (Å²) in [4.78, 5) is 18.3. The number of carbonyl (C=O) groups is 1. The molecule has 2 aliphatic heterocycles. The highest BCUT2D eigenvalue weighted by molar-refractivity contribution is 6.00. The molecule has 0 radical (unpaired) electrons. The van der Waals surface area contributed by atoms with E-state index in [1.54, 1.807) is 4.90 Å². The fraction of sp³-hybridized carbons (Fsp3) is 0.533. The third-order valence-electron chi connectivity index (χ3n) is 4.42. The molecule has 2 heterocycles. The van der Waals surface area contributed by atoms with Gasteiger partial charge in [0.25, 0.3) is 0 Å². The number of fused-ring (bicyclic) bond motifs is 1. The van der Waals surface area contributed by atoms with Crippen molar-refractivity contribution in [2.75, 3.05) is 45.7 Å². The van der Waals surface area contributed by atoms with Crippen LogP contribution in [0.3, 0.4) is 0 Å². The van der Waals surface area contributed by atoms with Crippen molar-refractivity contribution < 1.29 is 4.79 Å². The SMILES string of the molecule is CN1CCN(C)C(c2ccc3c(c2)CC(=O)N3C)C1. The molecule has 1 unspecified atom stereocenters. The Morgan fingerprint density at radius 3 is 2.74 bits per heavy atom. The smallest absolute Gasteiger partial charge is 0.231 e. The minimum Gasteiger partial charge on any atom is -0.315 e. The molecule has 19 heavy (non-hydrogen) atoms. The summed E-state index contributed by atoms with van der Waals surface area (Å²) in [5.74, 6) is 0.196. The molecule has 4 heteroatoms. The van der Waals surface area contributed by atoms with Crippen LogP contribution in [0.4, 0.5) is 5.69 Å². The van der Waals surface area contributed by atoms with E-state index in [0.29, 0.717) is 12.5 Å². The predicted octanol–water partition coefficient (Wildman–Crippen LogP) is 1.12. The molecule has 0 bridgehead atoms. The number of carbonyl (C=O) groups excluding carboxylic acids is 1. The van der Waals surface area contributed by atoms with Gasteiger partial charge in [0.15, 0.2) is 0 Å². The van der Waals surface area contributed by atoms with E-state index in [2.05, 4.69) is 42.1 Å². The number of anilines is 1. The number of amides is 1. The topological polar surface area (TPSA) is 26.8 Å². The van der Waals surface area contributed by atoms with Crippen molar-refractivity contribution in [2.24, 2.45) is 0 Å². The lowest BCUT2D eigenvalue weighted by Crippen LogP contribution is -2.44. The van der Waals surface area contributed by atoms with E-state index in [0.717, 1.165) is 25.3 Å². The molecule has 0 aliphatic carbocycles. The number of benzene rings is 1. The van der Waals surface area contributed by atoms with E-state index in [4.69, 9.17) is 0 Å². The van der Waals surface area contributed by atoms with Gasteiger partial charge in [-0.1, -0.05) is 12.1 Å². The van der Waals surface area contributed by atoms with Crippen molar-refractivity contribution in [2.45, 2.75) is 12.5 Å². The molecule has 1 amide bonds. The maximum Gasteiger partial charge on any atom is 0.231 e. The number of likely N-dealkylation sites (N-methyl/N-ethyl adjacent to an activating group) is 3. The van der Waals surface area contributed by atoms with Crippen LogP contribution in [0, 0.1) is 0 Å². The second-order valence-electron chi connectivity index (χ2n) is 5.78. The monoisotopic (exact) mass is 259 g/mol. The average Bonchev–Trinajstić information content (AvgIpc) is 2.67. The molecule has 1 saturated heterocycles. The molecule has 3 rings (SSSR count). The Hall–Kier alpha value is -1.39. The van der Waals surface area contributed by atoms with Gasteiger partial charge in [0.05, 0.1) is 6.42 Å². The van der Waals surface area contributed by atoms with E-state index >= 15 is 0 Å². The van der Waals surface area contributed by atoms with Crippen LogP contribution in [0.1, 0.15) is 17.2 Å². The average molecular weight is 259 g/mol. The standard InChI is InChI=1S/C15H21N3O/c1-16-6-7-17(2)14(10-16)11-4-5-13-12(8-11)9-15(19)18(13)3/h4-5,8,14H,6-7,9-10H2,1-3H3. The Bertz CT molecular complexity index is 514. The molecule has 1 fully saturated rings. The molecule has 0 aromatic heterocycles. The zero-order valence-corrected chi connectivity index (χ0v) is 11.9. The highest BCUT2D eigenvalue weighted by atomic mass is 16.2. The lowest BCUT2D eigenvalue weighted by molar-refractivity contribution is -0.117. The van der Waals surface area contributed by atoms with Crippen molar-refractivity contribution in [1.82, 2.24) is 9.80 Å². The zero-order chi connectivity index (χ0) is 13.6. The molecular weight excluding hydrogens is 238 g/mol. The first-order valence-corrected chi connectivity index (χ1v) is 6.84. The highest BCUT2D eigenvalue weighted by Gasteiger charge is 2.28. The van der Waals surface area contributed by atoms with Crippen LogP contribution in [0.5, 0.6) is 0 Å². The fourth-order valence-corrected chi connectivity index (χ4v) is 3.07. The Kier molecular flexibility index (Phi) is 3.07. The van der Waals surface area contributed by atoms with Crippen molar-refractivity contribution in [3.63, 3.8) is 0 Å². The predicted molar refractivity (Wildman–Crippen MR) is 76.4 cm³/mol. The first-order valence-electron chi connectivity index (χ1n) is 6.84. The molecule has 0 N–H and O–H groups in total. The van der Waals surface area contributed by atoms with E-state index < -0.39 is 0 Å². The summed E-state index contributed by atoms with van der Waals surface area (Å²) in [6.45, 7) is 3.27. The summed E-state index contributed by atoms with van der Waals surface area (Å²) in [6.07, 6.45) is 0.548. The summed E-state index contributed by atoms with van der Waals surface area (Å²) < 4.78 is 0. The number of hydrogen-bond acceptors (Lipinski definition) is 3. The van der Waals surface area contributed by atoms with Gasteiger partial charge in [-0.15, -0.1) is 0 Å². The maximum atomic E-state index is 11.7. The number of rotatable bonds is 1. The molecule has 0 saturated carbocycles. The normalized spacial score (nSPS) is 24.9. The summed E-state index contributed by atoms with van der Waals surface area (Å²) >= 11 is 0. The van der Waals surface area contributed by atoms with Gasteiger partial charge >= 0.3 is 0 Å². The molecule has 1 atom stereocenters.